The van der Waals surface area contributed by atoms with E-state index in [4.69, 9.17) is 4.42 Å². The van der Waals surface area contributed by atoms with E-state index in [1.807, 2.05) is 43.5 Å². The Morgan fingerprint density at radius 2 is 2.16 bits per heavy atom. The number of carbonyl (C=O) groups excluding carboxylic acids is 1. The van der Waals surface area contributed by atoms with Gasteiger partial charge in [0.25, 0.3) is 5.91 Å². The summed E-state index contributed by atoms with van der Waals surface area (Å²) in [5.41, 5.74) is 1.82. The molecule has 1 atom stereocenters. The molecule has 1 unspecified atom stereocenters. The number of hydrogen-bond acceptors (Lipinski definition) is 3. The molecule has 1 aromatic carbocycles. The first kappa shape index (κ1) is 13.7. The lowest BCUT2D eigenvalue weighted by Gasteiger charge is -2.14. The van der Waals surface area contributed by atoms with Gasteiger partial charge in [0, 0.05) is 10.9 Å². The van der Waals surface area contributed by atoms with E-state index < -0.39 is 0 Å². The quantitative estimate of drug-likeness (QED) is 0.851. The Balaban J connectivity index is 2.00. The van der Waals surface area contributed by atoms with E-state index in [9.17, 15) is 4.79 Å². The Morgan fingerprint density at radius 1 is 1.37 bits per heavy atom. The summed E-state index contributed by atoms with van der Waals surface area (Å²) < 4.78 is 5.03. The molecule has 2 aromatic rings. The molecule has 1 heterocycles. The highest BCUT2D eigenvalue weighted by Gasteiger charge is 2.13. The molecule has 0 radical (unpaired) electrons. The molecule has 0 bridgehead atoms. The van der Waals surface area contributed by atoms with E-state index in [0.29, 0.717) is 0 Å². The van der Waals surface area contributed by atoms with Crippen LogP contribution in [0.4, 0.5) is 0 Å². The third kappa shape index (κ3) is 3.64. The predicted molar refractivity (Wildman–Crippen MR) is 77.6 cm³/mol. The van der Waals surface area contributed by atoms with Gasteiger partial charge in [-0.15, -0.1) is 11.8 Å². The first-order valence-electron chi connectivity index (χ1n) is 6.15. The molecule has 0 spiro atoms. The maximum atomic E-state index is 12.2. The van der Waals surface area contributed by atoms with Gasteiger partial charge in [-0.3, -0.25) is 4.79 Å². The minimum atomic E-state index is -0.0269. The second-order valence-corrected chi connectivity index (χ2v) is 5.26. The van der Waals surface area contributed by atoms with Crippen LogP contribution in [0.25, 0.3) is 0 Å². The van der Waals surface area contributed by atoms with Crippen LogP contribution in [0.15, 0.2) is 52.2 Å². The van der Waals surface area contributed by atoms with Crippen LogP contribution in [0.5, 0.6) is 0 Å². The monoisotopic (exact) mass is 275 g/mol. The zero-order valence-electron chi connectivity index (χ0n) is 11.1. The molecule has 2 rings (SSSR count). The number of rotatable bonds is 5. The second kappa shape index (κ2) is 6.48. The van der Waals surface area contributed by atoms with Crippen LogP contribution in [0.1, 0.15) is 22.8 Å². The van der Waals surface area contributed by atoms with Gasteiger partial charge in [-0.2, -0.15) is 0 Å². The summed E-state index contributed by atoms with van der Waals surface area (Å²) in [5.74, 6) is -0.0269. The molecule has 0 aliphatic heterocycles. The second-order valence-electron chi connectivity index (χ2n) is 4.41. The first-order valence-corrected chi connectivity index (χ1v) is 7.38. The third-order valence-corrected chi connectivity index (χ3v) is 3.65. The van der Waals surface area contributed by atoms with Crippen LogP contribution < -0.4 is 5.32 Å². The van der Waals surface area contributed by atoms with E-state index in [1.54, 1.807) is 24.3 Å². The van der Waals surface area contributed by atoms with Crippen molar-refractivity contribution >= 4 is 17.7 Å². The van der Waals surface area contributed by atoms with E-state index >= 15 is 0 Å². The van der Waals surface area contributed by atoms with Crippen molar-refractivity contribution in [3.8, 4) is 0 Å². The van der Waals surface area contributed by atoms with Crippen molar-refractivity contribution in [1.82, 2.24) is 5.32 Å². The fraction of sp³-hybridized carbons (Fsp3) is 0.267. The van der Waals surface area contributed by atoms with E-state index in [2.05, 4.69) is 5.32 Å². The van der Waals surface area contributed by atoms with Crippen molar-refractivity contribution in [1.29, 1.82) is 0 Å². The molecule has 0 saturated carbocycles. The van der Waals surface area contributed by atoms with Crippen LogP contribution >= 0.6 is 11.8 Å². The van der Waals surface area contributed by atoms with Crippen molar-refractivity contribution < 1.29 is 9.21 Å². The number of carbonyl (C=O) groups is 1. The summed E-state index contributed by atoms with van der Waals surface area (Å²) in [5, 5.41) is 3.02. The van der Waals surface area contributed by atoms with Crippen molar-refractivity contribution in [3.63, 3.8) is 0 Å². The normalized spacial score (nSPS) is 12.1. The van der Waals surface area contributed by atoms with Crippen molar-refractivity contribution in [3.05, 3.63) is 54.0 Å². The van der Waals surface area contributed by atoms with Gasteiger partial charge in [0.1, 0.15) is 0 Å². The summed E-state index contributed by atoms with van der Waals surface area (Å²) in [6.07, 6.45) is 6.09. The van der Waals surface area contributed by atoms with Crippen molar-refractivity contribution in [2.45, 2.75) is 24.3 Å². The number of amides is 1. The van der Waals surface area contributed by atoms with Gasteiger partial charge >= 0.3 is 0 Å². The van der Waals surface area contributed by atoms with Crippen LogP contribution in [0.2, 0.25) is 0 Å². The van der Waals surface area contributed by atoms with Gasteiger partial charge in [0.2, 0.25) is 0 Å². The van der Waals surface area contributed by atoms with Crippen molar-refractivity contribution in [2.75, 3.05) is 6.26 Å². The summed E-state index contributed by atoms with van der Waals surface area (Å²) in [6, 6.07) is 9.62. The summed E-state index contributed by atoms with van der Waals surface area (Å²) in [7, 11) is 0. The van der Waals surface area contributed by atoms with Crippen LogP contribution in [0, 0.1) is 0 Å². The maximum absolute atomic E-state index is 12.2. The highest BCUT2D eigenvalue weighted by molar-refractivity contribution is 7.98. The zero-order valence-corrected chi connectivity index (χ0v) is 11.9. The Kier molecular flexibility index (Phi) is 4.68. The third-order valence-electron chi connectivity index (χ3n) is 2.85. The smallest absolute Gasteiger partial charge is 0.252 e. The minimum absolute atomic E-state index is 0.0269. The van der Waals surface area contributed by atoms with E-state index in [0.717, 1.165) is 22.4 Å². The van der Waals surface area contributed by atoms with Gasteiger partial charge in [-0.1, -0.05) is 12.1 Å². The molecular formula is C15H17NO2S. The van der Waals surface area contributed by atoms with E-state index in [-0.39, 0.29) is 11.9 Å². The molecule has 0 saturated heterocycles. The molecule has 1 N–H and O–H groups in total. The number of hydrogen-bond donors (Lipinski definition) is 1. The minimum Gasteiger partial charge on any atom is -0.472 e. The molecule has 0 aliphatic carbocycles. The van der Waals surface area contributed by atoms with Gasteiger partial charge in [0.05, 0.1) is 18.1 Å². The molecule has 3 nitrogen and oxygen atoms in total. The molecule has 100 valence electrons. The largest absolute Gasteiger partial charge is 0.472 e. The SMILES string of the molecule is CSc1ccccc1C(=O)NC(C)Cc1ccoc1. The van der Waals surface area contributed by atoms with Crippen LogP contribution in [0.3, 0.4) is 0 Å². The number of thioether (sulfide) groups is 1. The molecule has 19 heavy (non-hydrogen) atoms. The summed E-state index contributed by atoms with van der Waals surface area (Å²) >= 11 is 1.58. The van der Waals surface area contributed by atoms with Crippen molar-refractivity contribution in [2.24, 2.45) is 0 Å². The Labute approximate surface area is 117 Å². The number of furan rings is 1. The lowest BCUT2D eigenvalue weighted by Crippen LogP contribution is -2.34. The average Bonchev–Trinajstić information content (AvgIpc) is 2.91. The Bertz CT molecular complexity index is 537. The van der Waals surface area contributed by atoms with Gasteiger partial charge < -0.3 is 9.73 Å². The maximum Gasteiger partial charge on any atom is 0.252 e. The molecule has 1 amide bonds. The van der Waals surface area contributed by atoms with Crippen LogP contribution in [-0.4, -0.2) is 18.2 Å². The molecule has 0 aliphatic rings. The molecule has 0 fully saturated rings. The molecule has 4 heteroatoms. The number of benzene rings is 1. The Hall–Kier alpha value is -1.68. The molecule has 1 aromatic heterocycles. The fourth-order valence-electron chi connectivity index (χ4n) is 1.95. The zero-order chi connectivity index (χ0) is 13.7. The van der Waals surface area contributed by atoms with Crippen LogP contribution in [-0.2, 0) is 6.42 Å². The topological polar surface area (TPSA) is 42.2 Å². The first-order chi connectivity index (χ1) is 9.20. The summed E-state index contributed by atoms with van der Waals surface area (Å²) in [6.45, 7) is 1.99. The predicted octanol–water partition coefficient (Wildman–Crippen LogP) is 3.36. The highest BCUT2D eigenvalue weighted by Crippen LogP contribution is 2.19. The summed E-state index contributed by atoms with van der Waals surface area (Å²) in [4.78, 5) is 13.2. The molecular weight excluding hydrogens is 258 g/mol. The van der Waals surface area contributed by atoms with Gasteiger partial charge in [-0.05, 0) is 43.4 Å². The van der Waals surface area contributed by atoms with Gasteiger partial charge in [-0.25, -0.2) is 0 Å². The van der Waals surface area contributed by atoms with Gasteiger partial charge in [0.15, 0.2) is 0 Å². The van der Waals surface area contributed by atoms with E-state index in [1.165, 1.54) is 0 Å². The standard InChI is InChI=1S/C15H17NO2S/c1-11(9-12-7-8-18-10-12)16-15(17)13-5-3-4-6-14(13)19-2/h3-8,10-11H,9H2,1-2H3,(H,16,17). The fourth-order valence-corrected chi connectivity index (χ4v) is 2.54. The lowest BCUT2D eigenvalue weighted by atomic mass is 10.1. The number of nitrogens with one attached hydrogen (secondary N) is 1. The Morgan fingerprint density at radius 3 is 2.84 bits per heavy atom. The highest BCUT2D eigenvalue weighted by atomic mass is 32.2. The average molecular weight is 275 g/mol. The lowest BCUT2D eigenvalue weighted by molar-refractivity contribution is 0.0937.